The second kappa shape index (κ2) is 8.03. The smallest absolute Gasteiger partial charge is 0.251 e. The molecule has 0 unspecified atom stereocenters. The summed E-state index contributed by atoms with van der Waals surface area (Å²) >= 11 is 0. The van der Waals surface area contributed by atoms with Gasteiger partial charge >= 0.3 is 0 Å². The van der Waals surface area contributed by atoms with E-state index in [0.29, 0.717) is 18.7 Å². The first-order valence-electron chi connectivity index (χ1n) is 7.51. The van der Waals surface area contributed by atoms with Crippen molar-refractivity contribution in [3.63, 3.8) is 0 Å². The lowest BCUT2D eigenvalue weighted by Crippen LogP contribution is -2.34. The fourth-order valence-corrected chi connectivity index (χ4v) is 2.08. The average Bonchev–Trinajstić information content (AvgIpc) is 2.45. The van der Waals surface area contributed by atoms with Crippen molar-refractivity contribution in [2.75, 3.05) is 32.1 Å². The Balaban J connectivity index is 2.61. The number of aryl methyl sites for hydroxylation is 1. The third-order valence-electron chi connectivity index (χ3n) is 3.57. The van der Waals surface area contributed by atoms with Crippen molar-refractivity contribution in [2.45, 2.75) is 34.1 Å². The quantitative estimate of drug-likeness (QED) is 0.773. The number of carbonyl (C=O) groups excluding carboxylic acids is 1. The minimum Gasteiger partial charge on any atom is -0.385 e. The topological polar surface area (TPSA) is 50.4 Å². The van der Waals surface area contributed by atoms with Crippen LogP contribution >= 0.6 is 0 Å². The summed E-state index contributed by atoms with van der Waals surface area (Å²) in [6.45, 7) is 10.6. The summed E-state index contributed by atoms with van der Waals surface area (Å²) in [6, 6.07) is 5.75. The van der Waals surface area contributed by atoms with Crippen LogP contribution in [0.3, 0.4) is 0 Å². The Bertz CT molecular complexity index is 470. The van der Waals surface area contributed by atoms with Crippen molar-refractivity contribution in [3.8, 4) is 0 Å². The van der Waals surface area contributed by atoms with Gasteiger partial charge in [-0.05, 0) is 49.4 Å². The third kappa shape index (κ3) is 5.76. The molecule has 0 saturated carbocycles. The molecule has 1 aromatic rings. The summed E-state index contributed by atoms with van der Waals surface area (Å²) in [5, 5.41) is 6.29. The van der Waals surface area contributed by atoms with Gasteiger partial charge in [0.05, 0.1) is 0 Å². The molecule has 0 atom stereocenters. The largest absolute Gasteiger partial charge is 0.385 e. The molecule has 0 aliphatic rings. The van der Waals surface area contributed by atoms with E-state index >= 15 is 0 Å². The van der Waals surface area contributed by atoms with Crippen LogP contribution in [0.4, 0.5) is 5.69 Å². The Hall–Kier alpha value is -1.55. The normalized spacial score (nSPS) is 11.3. The number of hydrogen-bond donors (Lipinski definition) is 2. The lowest BCUT2D eigenvalue weighted by molar-refractivity contribution is 0.0921. The van der Waals surface area contributed by atoms with Crippen LogP contribution in [0.5, 0.6) is 0 Å². The molecular weight excluding hydrogens is 264 g/mol. The summed E-state index contributed by atoms with van der Waals surface area (Å²) in [6.07, 6.45) is 0.919. The highest BCUT2D eigenvalue weighted by molar-refractivity contribution is 5.94. The molecule has 0 bridgehead atoms. The molecule has 0 aliphatic carbocycles. The zero-order valence-corrected chi connectivity index (χ0v) is 13.9. The van der Waals surface area contributed by atoms with Crippen LogP contribution in [0.1, 0.15) is 43.1 Å². The number of amides is 1. The lowest BCUT2D eigenvalue weighted by Gasteiger charge is -2.24. The van der Waals surface area contributed by atoms with Gasteiger partial charge in [-0.3, -0.25) is 4.79 Å². The molecule has 0 heterocycles. The number of nitrogens with one attached hydrogen (secondary N) is 2. The molecular formula is C17H28N2O2. The van der Waals surface area contributed by atoms with Crippen LogP contribution in [-0.2, 0) is 4.74 Å². The van der Waals surface area contributed by atoms with Crippen LogP contribution in [-0.4, -0.2) is 32.7 Å². The maximum absolute atomic E-state index is 12.2. The number of hydrogen-bond acceptors (Lipinski definition) is 3. The number of ether oxygens (including phenoxy) is 1. The molecule has 118 valence electrons. The van der Waals surface area contributed by atoms with E-state index in [1.165, 1.54) is 0 Å². The molecule has 0 fully saturated rings. The van der Waals surface area contributed by atoms with Gasteiger partial charge < -0.3 is 15.4 Å². The minimum atomic E-state index is -0.0216. The van der Waals surface area contributed by atoms with E-state index in [-0.39, 0.29) is 11.3 Å². The molecule has 4 nitrogen and oxygen atoms in total. The molecule has 0 saturated heterocycles. The maximum atomic E-state index is 12.2. The van der Waals surface area contributed by atoms with Crippen LogP contribution in [0.2, 0.25) is 0 Å². The van der Waals surface area contributed by atoms with Crippen molar-refractivity contribution in [1.29, 1.82) is 0 Å². The van der Waals surface area contributed by atoms with E-state index < -0.39 is 0 Å². The fourth-order valence-electron chi connectivity index (χ4n) is 2.08. The predicted octanol–water partition coefficient (Wildman–Crippen LogP) is 3.22. The van der Waals surface area contributed by atoms with Gasteiger partial charge in [-0.2, -0.15) is 0 Å². The standard InChI is InChI=1S/C17H28N2O2/c1-6-18-15-8-7-14(11-13(15)2)16(20)19-12-17(3,4)9-10-21-5/h7-8,11,18H,6,9-10,12H2,1-5H3,(H,19,20). The fraction of sp³-hybridized carbons (Fsp3) is 0.588. The first-order valence-corrected chi connectivity index (χ1v) is 7.51. The Morgan fingerprint density at radius 2 is 2.05 bits per heavy atom. The van der Waals surface area contributed by atoms with E-state index in [9.17, 15) is 4.79 Å². The molecule has 0 spiro atoms. The summed E-state index contributed by atoms with van der Waals surface area (Å²) in [4.78, 5) is 12.2. The van der Waals surface area contributed by atoms with E-state index in [0.717, 1.165) is 24.2 Å². The predicted molar refractivity (Wildman–Crippen MR) is 87.9 cm³/mol. The van der Waals surface area contributed by atoms with Gasteiger partial charge in [0.1, 0.15) is 0 Å². The van der Waals surface area contributed by atoms with Gasteiger partial charge in [0.2, 0.25) is 0 Å². The summed E-state index contributed by atoms with van der Waals surface area (Å²) < 4.78 is 5.10. The zero-order valence-electron chi connectivity index (χ0n) is 13.9. The molecule has 2 N–H and O–H groups in total. The van der Waals surface area contributed by atoms with Crippen molar-refractivity contribution in [1.82, 2.24) is 5.32 Å². The van der Waals surface area contributed by atoms with Crippen LogP contribution < -0.4 is 10.6 Å². The zero-order chi connectivity index (χ0) is 15.9. The molecule has 0 radical (unpaired) electrons. The number of anilines is 1. The van der Waals surface area contributed by atoms with Crippen molar-refractivity contribution < 1.29 is 9.53 Å². The SMILES string of the molecule is CCNc1ccc(C(=O)NCC(C)(C)CCOC)cc1C. The number of rotatable bonds is 8. The molecule has 21 heavy (non-hydrogen) atoms. The molecule has 1 amide bonds. The maximum Gasteiger partial charge on any atom is 0.251 e. The average molecular weight is 292 g/mol. The van der Waals surface area contributed by atoms with E-state index in [2.05, 4.69) is 31.4 Å². The highest BCUT2D eigenvalue weighted by Gasteiger charge is 2.19. The number of carbonyl (C=O) groups is 1. The van der Waals surface area contributed by atoms with Crippen molar-refractivity contribution in [2.24, 2.45) is 5.41 Å². The van der Waals surface area contributed by atoms with E-state index in [1.54, 1.807) is 7.11 Å². The lowest BCUT2D eigenvalue weighted by atomic mass is 9.89. The Morgan fingerprint density at radius 1 is 1.33 bits per heavy atom. The van der Waals surface area contributed by atoms with Gasteiger partial charge in [-0.25, -0.2) is 0 Å². The van der Waals surface area contributed by atoms with Crippen LogP contribution in [0.25, 0.3) is 0 Å². The Kier molecular flexibility index (Phi) is 6.69. The molecule has 1 aromatic carbocycles. The molecule has 1 rings (SSSR count). The first-order chi connectivity index (χ1) is 9.89. The number of methoxy groups -OCH3 is 1. The monoisotopic (exact) mass is 292 g/mol. The van der Waals surface area contributed by atoms with E-state index in [1.807, 2.05) is 25.1 Å². The van der Waals surface area contributed by atoms with Crippen molar-refractivity contribution in [3.05, 3.63) is 29.3 Å². The third-order valence-corrected chi connectivity index (χ3v) is 3.57. The summed E-state index contributed by atoms with van der Waals surface area (Å²) in [5.74, 6) is -0.0216. The molecule has 4 heteroatoms. The minimum absolute atomic E-state index is 0.0216. The second-order valence-electron chi connectivity index (χ2n) is 6.15. The molecule has 0 aromatic heterocycles. The van der Waals surface area contributed by atoms with Gasteiger partial charge in [-0.15, -0.1) is 0 Å². The highest BCUT2D eigenvalue weighted by atomic mass is 16.5. The van der Waals surface area contributed by atoms with Gasteiger partial charge in [0, 0.05) is 38.1 Å². The van der Waals surface area contributed by atoms with Crippen molar-refractivity contribution >= 4 is 11.6 Å². The van der Waals surface area contributed by atoms with Gasteiger partial charge in [0.15, 0.2) is 0 Å². The van der Waals surface area contributed by atoms with Gasteiger partial charge in [-0.1, -0.05) is 13.8 Å². The van der Waals surface area contributed by atoms with Crippen LogP contribution in [0.15, 0.2) is 18.2 Å². The number of benzene rings is 1. The Labute approximate surface area is 128 Å². The highest BCUT2D eigenvalue weighted by Crippen LogP contribution is 2.20. The van der Waals surface area contributed by atoms with Gasteiger partial charge in [0.25, 0.3) is 5.91 Å². The summed E-state index contributed by atoms with van der Waals surface area (Å²) in [7, 11) is 1.70. The molecule has 0 aliphatic heterocycles. The summed E-state index contributed by atoms with van der Waals surface area (Å²) in [5.41, 5.74) is 2.90. The Morgan fingerprint density at radius 3 is 2.62 bits per heavy atom. The van der Waals surface area contributed by atoms with Crippen LogP contribution in [0, 0.1) is 12.3 Å². The first kappa shape index (κ1) is 17.5. The van der Waals surface area contributed by atoms with E-state index in [4.69, 9.17) is 4.74 Å². The second-order valence-corrected chi connectivity index (χ2v) is 6.15.